The first-order valence-corrected chi connectivity index (χ1v) is 6.37. The van der Waals surface area contributed by atoms with Gasteiger partial charge in [-0.1, -0.05) is 6.92 Å². The highest BCUT2D eigenvalue weighted by Gasteiger charge is 2.15. The average molecular weight is 294 g/mol. The second-order valence-corrected chi connectivity index (χ2v) is 4.10. The third-order valence-electron chi connectivity index (χ3n) is 2.57. The number of carbonyl (C=O) groups excluding carboxylic acids is 2. The van der Waals surface area contributed by atoms with Crippen molar-refractivity contribution in [1.82, 2.24) is 0 Å². The summed E-state index contributed by atoms with van der Waals surface area (Å²) in [6, 6.07) is 4.82. The van der Waals surface area contributed by atoms with Crippen molar-refractivity contribution in [2.45, 2.75) is 13.3 Å². The zero-order chi connectivity index (χ0) is 15.8. The molecule has 0 saturated carbocycles. The molecule has 0 amide bonds. The molecular weight excluding hydrogens is 276 g/mol. The molecule has 0 aromatic heterocycles. The Bertz CT molecular complexity index is 547. The molecule has 0 radical (unpaired) electrons. The summed E-state index contributed by atoms with van der Waals surface area (Å²) in [5.41, 5.74) is 0.253. The number of esters is 1. The standard InChI is InChI=1S/C15H18O6/c1-4-7-21-10-5-6-14(19-2)11(8-10)12(16)9-13(17)15(18)20-3/h5-6,8-9,16H,4,7H2,1-3H3/b12-9-. The molecule has 1 aromatic carbocycles. The smallest absolute Gasteiger partial charge is 0.378 e. The Balaban J connectivity index is 3.10. The van der Waals surface area contributed by atoms with Crippen LogP contribution in [0.25, 0.3) is 5.76 Å². The second-order valence-electron chi connectivity index (χ2n) is 4.10. The summed E-state index contributed by atoms with van der Waals surface area (Å²) in [6.07, 6.45) is 1.62. The molecule has 0 heterocycles. The predicted molar refractivity (Wildman–Crippen MR) is 76.4 cm³/mol. The highest BCUT2D eigenvalue weighted by molar-refractivity contribution is 6.39. The van der Waals surface area contributed by atoms with E-state index >= 15 is 0 Å². The minimum atomic E-state index is -1.06. The molecule has 6 heteroatoms. The monoisotopic (exact) mass is 294 g/mol. The van der Waals surface area contributed by atoms with E-state index in [0.29, 0.717) is 18.1 Å². The maximum Gasteiger partial charge on any atom is 0.378 e. The van der Waals surface area contributed by atoms with Crippen LogP contribution in [0.15, 0.2) is 24.3 Å². The maximum atomic E-state index is 11.4. The van der Waals surface area contributed by atoms with Crippen LogP contribution in [0.5, 0.6) is 11.5 Å². The van der Waals surface area contributed by atoms with Gasteiger partial charge in [0.15, 0.2) is 0 Å². The molecule has 1 rings (SSSR count). The van der Waals surface area contributed by atoms with Crippen LogP contribution in [0.1, 0.15) is 18.9 Å². The lowest BCUT2D eigenvalue weighted by Crippen LogP contribution is -2.13. The Morgan fingerprint density at radius 3 is 2.57 bits per heavy atom. The van der Waals surface area contributed by atoms with E-state index in [1.807, 2.05) is 6.92 Å². The molecule has 0 aliphatic heterocycles. The minimum Gasteiger partial charge on any atom is -0.507 e. The summed E-state index contributed by atoms with van der Waals surface area (Å²) in [5, 5.41) is 9.99. The number of hydrogen-bond acceptors (Lipinski definition) is 6. The van der Waals surface area contributed by atoms with Gasteiger partial charge in [0, 0.05) is 6.08 Å². The Kier molecular flexibility index (Phi) is 6.26. The quantitative estimate of drug-likeness (QED) is 0.359. The fraction of sp³-hybridized carbons (Fsp3) is 0.333. The summed E-state index contributed by atoms with van der Waals surface area (Å²) in [6.45, 7) is 2.49. The number of benzene rings is 1. The molecule has 1 N–H and O–H groups in total. The van der Waals surface area contributed by atoms with Gasteiger partial charge < -0.3 is 19.3 Å². The fourth-order valence-electron chi connectivity index (χ4n) is 1.56. The van der Waals surface area contributed by atoms with Crippen molar-refractivity contribution in [2.24, 2.45) is 0 Å². The second kappa shape index (κ2) is 7.94. The molecular formula is C15H18O6. The van der Waals surface area contributed by atoms with E-state index < -0.39 is 17.5 Å². The molecule has 0 atom stereocenters. The van der Waals surface area contributed by atoms with Crippen LogP contribution in [-0.2, 0) is 14.3 Å². The Labute approximate surface area is 122 Å². The van der Waals surface area contributed by atoms with Crippen LogP contribution in [-0.4, -0.2) is 37.7 Å². The lowest BCUT2D eigenvalue weighted by atomic mass is 10.1. The maximum absolute atomic E-state index is 11.4. The summed E-state index contributed by atoms with van der Waals surface area (Å²) >= 11 is 0. The number of methoxy groups -OCH3 is 2. The van der Waals surface area contributed by atoms with E-state index in [4.69, 9.17) is 9.47 Å². The van der Waals surface area contributed by atoms with E-state index in [9.17, 15) is 14.7 Å². The number of ether oxygens (including phenoxy) is 3. The van der Waals surface area contributed by atoms with Crippen molar-refractivity contribution in [3.05, 3.63) is 29.8 Å². The predicted octanol–water partition coefficient (Wildman–Crippen LogP) is 2.12. The number of rotatable bonds is 7. The molecule has 114 valence electrons. The van der Waals surface area contributed by atoms with Gasteiger partial charge in [0.1, 0.15) is 17.3 Å². The van der Waals surface area contributed by atoms with Gasteiger partial charge in [-0.25, -0.2) is 4.79 Å². The van der Waals surface area contributed by atoms with Gasteiger partial charge in [-0.05, 0) is 24.6 Å². The zero-order valence-corrected chi connectivity index (χ0v) is 12.2. The fourth-order valence-corrected chi connectivity index (χ4v) is 1.56. The van der Waals surface area contributed by atoms with Crippen LogP contribution in [0.4, 0.5) is 0 Å². The van der Waals surface area contributed by atoms with Gasteiger partial charge in [0.05, 0.1) is 26.4 Å². The molecule has 6 nitrogen and oxygen atoms in total. The number of aliphatic hydroxyl groups is 1. The third-order valence-corrected chi connectivity index (χ3v) is 2.57. The van der Waals surface area contributed by atoms with Crippen LogP contribution in [0, 0.1) is 0 Å². The Hall–Kier alpha value is -2.50. The summed E-state index contributed by atoms with van der Waals surface area (Å²) < 4.78 is 14.8. The number of ketones is 1. The highest BCUT2D eigenvalue weighted by atomic mass is 16.5. The van der Waals surface area contributed by atoms with Crippen molar-refractivity contribution >= 4 is 17.5 Å². The molecule has 21 heavy (non-hydrogen) atoms. The van der Waals surface area contributed by atoms with Crippen LogP contribution in [0.3, 0.4) is 0 Å². The van der Waals surface area contributed by atoms with Crippen LogP contribution < -0.4 is 9.47 Å². The van der Waals surface area contributed by atoms with Gasteiger partial charge in [-0.2, -0.15) is 0 Å². The van der Waals surface area contributed by atoms with Gasteiger partial charge in [-0.3, -0.25) is 4.79 Å². The van der Waals surface area contributed by atoms with Crippen molar-refractivity contribution in [3.63, 3.8) is 0 Å². The van der Waals surface area contributed by atoms with E-state index in [1.54, 1.807) is 12.1 Å². The normalized spacial score (nSPS) is 10.9. The summed E-state index contributed by atoms with van der Waals surface area (Å²) in [5.74, 6) is -1.54. The molecule has 0 aliphatic rings. The number of hydrogen-bond donors (Lipinski definition) is 1. The topological polar surface area (TPSA) is 82.1 Å². The first kappa shape index (κ1) is 16.6. The average Bonchev–Trinajstić information content (AvgIpc) is 2.51. The van der Waals surface area contributed by atoms with Crippen molar-refractivity contribution in [2.75, 3.05) is 20.8 Å². The zero-order valence-electron chi connectivity index (χ0n) is 12.2. The first-order chi connectivity index (χ1) is 10.0. The van der Waals surface area contributed by atoms with Gasteiger partial charge in [-0.15, -0.1) is 0 Å². The molecule has 1 aromatic rings. The van der Waals surface area contributed by atoms with Crippen molar-refractivity contribution in [3.8, 4) is 11.5 Å². The van der Waals surface area contributed by atoms with Crippen LogP contribution >= 0.6 is 0 Å². The lowest BCUT2D eigenvalue weighted by Gasteiger charge is -2.11. The molecule has 0 spiro atoms. The molecule has 0 saturated heterocycles. The van der Waals surface area contributed by atoms with Crippen molar-refractivity contribution in [1.29, 1.82) is 0 Å². The molecule has 0 aliphatic carbocycles. The first-order valence-electron chi connectivity index (χ1n) is 6.37. The van der Waals surface area contributed by atoms with Gasteiger partial charge in [0.2, 0.25) is 0 Å². The van der Waals surface area contributed by atoms with Gasteiger partial charge in [0.25, 0.3) is 5.78 Å². The van der Waals surface area contributed by atoms with Gasteiger partial charge >= 0.3 is 5.97 Å². The number of carbonyl (C=O) groups is 2. The Morgan fingerprint density at radius 1 is 1.29 bits per heavy atom. The third kappa shape index (κ3) is 4.52. The van der Waals surface area contributed by atoms with Crippen molar-refractivity contribution < 1.29 is 28.9 Å². The van der Waals surface area contributed by atoms with E-state index in [1.165, 1.54) is 13.2 Å². The number of aliphatic hydroxyl groups excluding tert-OH is 1. The SMILES string of the molecule is CCCOc1ccc(OC)c(/C(O)=C/C(=O)C(=O)OC)c1. The van der Waals surface area contributed by atoms with E-state index in [-0.39, 0.29) is 5.56 Å². The molecule has 0 unspecified atom stereocenters. The molecule has 0 fully saturated rings. The minimum absolute atomic E-state index is 0.253. The highest BCUT2D eigenvalue weighted by Crippen LogP contribution is 2.29. The molecule has 0 bridgehead atoms. The summed E-state index contributed by atoms with van der Waals surface area (Å²) in [7, 11) is 2.52. The van der Waals surface area contributed by atoms with E-state index in [0.717, 1.165) is 19.6 Å². The van der Waals surface area contributed by atoms with E-state index in [2.05, 4.69) is 4.74 Å². The Morgan fingerprint density at radius 2 is 2.00 bits per heavy atom. The summed E-state index contributed by atoms with van der Waals surface area (Å²) in [4.78, 5) is 22.5. The van der Waals surface area contributed by atoms with Crippen LogP contribution in [0.2, 0.25) is 0 Å². The lowest BCUT2D eigenvalue weighted by molar-refractivity contribution is -0.149. The largest absolute Gasteiger partial charge is 0.507 e.